The monoisotopic (exact) mass is 769 g/mol. The van der Waals surface area contributed by atoms with Gasteiger partial charge < -0.3 is 53.6 Å². The van der Waals surface area contributed by atoms with Gasteiger partial charge in [0.1, 0.15) is 18.1 Å². The van der Waals surface area contributed by atoms with Gasteiger partial charge in [-0.2, -0.15) is 0 Å². The summed E-state index contributed by atoms with van der Waals surface area (Å²) < 4.78 is 37.2. The maximum Gasteiger partial charge on any atom is 0.305 e. The number of aliphatic hydroxyl groups excluding tert-OH is 4. The molecule has 0 amide bonds. The van der Waals surface area contributed by atoms with E-state index in [1.54, 1.807) is 45.2 Å². The molecule has 16 heteroatoms. The van der Waals surface area contributed by atoms with E-state index >= 15 is 0 Å². The van der Waals surface area contributed by atoms with Crippen LogP contribution in [0.1, 0.15) is 81.6 Å². The molecular weight excluding hydrogens is 706 g/mol. The second-order valence-electron chi connectivity index (χ2n) is 11.8. The summed E-state index contributed by atoms with van der Waals surface area (Å²) in [5, 5.41) is 36.8. The van der Waals surface area contributed by atoms with Crippen molar-refractivity contribution in [2.75, 3.05) is 86.2 Å². The Labute approximate surface area is 319 Å². The van der Waals surface area contributed by atoms with Gasteiger partial charge in [0.25, 0.3) is 0 Å². The lowest BCUT2D eigenvalue weighted by Gasteiger charge is -2.22. The second kappa shape index (κ2) is 32.9. The number of hydrogen-bond donors (Lipinski definition) is 4. The number of rotatable bonds is 31. The minimum absolute atomic E-state index is 0.136. The van der Waals surface area contributed by atoms with Crippen LogP contribution in [0.2, 0.25) is 0 Å². The third-order valence-electron chi connectivity index (χ3n) is 7.50. The first-order valence-corrected chi connectivity index (χ1v) is 18.7. The van der Waals surface area contributed by atoms with Crippen LogP contribution in [0.4, 0.5) is 0 Å². The fourth-order valence-corrected chi connectivity index (χ4v) is 4.84. The van der Waals surface area contributed by atoms with E-state index in [2.05, 4.69) is 14.9 Å². The van der Waals surface area contributed by atoms with E-state index in [1.165, 1.54) is 0 Å². The maximum absolute atomic E-state index is 11.6. The number of pyridine rings is 2. The number of carbonyl (C=O) groups excluding carboxylic acids is 2. The Bertz CT molecular complexity index is 1210. The zero-order valence-corrected chi connectivity index (χ0v) is 32.4. The number of esters is 2. The fourth-order valence-electron chi connectivity index (χ4n) is 4.84. The summed E-state index contributed by atoms with van der Waals surface area (Å²) in [6.45, 7) is 9.22. The van der Waals surface area contributed by atoms with E-state index < -0.39 is 0 Å². The van der Waals surface area contributed by atoms with Gasteiger partial charge in [0.05, 0.1) is 102 Å². The van der Waals surface area contributed by atoms with E-state index in [-0.39, 0.29) is 38.4 Å². The number of methoxy groups -OCH3 is 1. The van der Waals surface area contributed by atoms with Crippen molar-refractivity contribution in [3.05, 3.63) is 47.0 Å². The highest BCUT2D eigenvalue weighted by atomic mass is 16.5. The van der Waals surface area contributed by atoms with Crippen LogP contribution in [0.3, 0.4) is 0 Å². The Morgan fingerprint density at radius 3 is 1.50 bits per heavy atom. The van der Waals surface area contributed by atoms with Gasteiger partial charge in [-0.15, -0.1) is 0 Å². The summed E-state index contributed by atoms with van der Waals surface area (Å²) in [5.41, 5.74) is 1.85. The Kier molecular flexibility index (Phi) is 29.6. The Hall–Kier alpha value is -3.48. The summed E-state index contributed by atoms with van der Waals surface area (Å²) in [4.78, 5) is 33.0. The largest absolute Gasteiger partial charge is 0.493 e. The van der Waals surface area contributed by atoms with E-state index in [0.29, 0.717) is 133 Å². The predicted molar refractivity (Wildman–Crippen MR) is 199 cm³/mol. The number of aromatic nitrogens is 2. The van der Waals surface area contributed by atoms with Gasteiger partial charge in [-0.3, -0.25) is 24.5 Å². The molecule has 0 saturated carbocycles. The highest BCUT2D eigenvalue weighted by Crippen LogP contribution is 2.17. The summed E-state index contributed by atoms with van der Waals surface area (Å²) in [5.74, 6) is 0.820. The minimum atomic E-state index is -0.225. The predicted octanol–water partition coefficient (Wildman–Crippen LogP) is 2.73. The van der Waals surface area contributed by atoms with Crippen LogP contribution >= 0.6 is 0 Å². The second-order valence-corrected chi connectivity index (χ2v) is 11.8. The molecule has 4 N–H and O–H groups in total. The van der Waals surface area contributed by atoms with Crippen molar-refractivity contribution in [3.8, 4) is 11.5 Å². The van der Waals surface area contributed by atoms with E-state index in [4.69, 9.17) is 43.4 Å². The molecule has 2 rings (SSSR count). The number of ether oxygens (including phenoxy) is 7. The third kappa shape index (κ3) is 24.8. The Morgan fingerprint density at radius 1 is 0.556 bits per heavy atom. The maximum atomic E-state index is 11.6. The van der Waals surface area contributed by atoms with Crippen molar-refractivity contribution in [1.29, 1.82) is 0 Å². The molecule has 0 aromatic carbocycles. The van der Waals surface area contributed by atoms with Crippen LogP contribution in [-0.4, -0.2) is 133 Å². The van der Waals surface area contributed by atoms with Crippen LogP contribution in [0.15, 0.2) is 24.3 Å². The van der Waals surface area contributed by atoms with Gasteiger partial charge in [0, 0.05) is 57.3 Å². The molecular formula is C38H63N3O13. The van der Waals surface area contributed by atoms with E-state index in [9.17, 15) is 19.8 Å². The molecule has 0 aliphatic heterocycles. The molecule has 2 heterocycles. The Balaban J connectivity index is 0.000000578. The van der Waals surface area contributed by atoms with Crippen LogP contribution in [0, 0.1) is 0 Å². The lowest BCUT2D eigenvalue weighted by Crippen LogP contribution is -2.33. The average Bonchev–Trinajstić information content (AvgIpc) is 3.18. The molecule has 0 atom stereocenters. The summed E-state index contributed by atoms with van der Waals surface area (Å²) in [7, 11) is 1.63. The first-order valence-electron chi connectivity index (χ1n) is 18.7. The van der Waals surface area contributed by atoms with Gasteiger partial charge in [-0.1, -0.05) is 12.8 Å². The normalized spacial score (nSPS) is 10.9. The fraction of sp³-hybridized carbons (Fsp3) is 0.684. The summed E-state index contributed by atoms with van der Waals surface area (Å²) in [6.07, 6.45) is 5.16. The van der Waals surface area contributed by atoms with Crippen LogP contribution in [0.5, 0.6) is 11.5 Å². The molecule has 0 unspecified atom stereocenters. The number of carbonyl (C=O) groups is 2. The quantitative estimate of drug-likeness (QED) is 0.0642. The average molecular weight is 770 g/mol. The highest BCUT2D eigenvalue weighted by molar-refractivity contribution is 5.69. The van der Waals surface area contributed by atoms with Gasteiger partial charge >= 0.3 is 11.9 Å². The summed E-state index contributed by atoms with van der Waals surface area (Å²) in [6, 6.07) is 6.63. The molecule has 308 valence electrons. The molecule has 2 aromatic rings. The van der Waals surface area contributed by atoms with Crippen LogP contribution < -0.4 is 9.47 Å². The summed E-state index contributed by atoms with van der Waals surface area (Å²) >= 11 is 0. The Morgan fingerprint density at radius 2 is 1.00 bits per heavy atom. The zero-order chi connectivity index (χ0) is 39.7. The van der Waals surface area contributed by atoms with Crippen LogP contribution in [-0.2, 0) is 59.7 Å². The molecule has 0 fully saturated rings. The first-order chi connectivity index (χ1) is 26.3. The number of unbranched alkanes of at least 4 members (excludes halogenated alkanes) is 3. The topological polar surface area (TPSA) is 209 Å². The van der Waals surface area contributed by atoms with Gasteiger partial charge in [0.15, 0.2) is 0 Å². The molecule has 0 spiro atoms. The molecule has 0 aliphatic carbocycles. The van der Waals surface area contributed by atoms with Gasteiger partial charge in [-0.05, 0) is 39.7 Å². The van der Waals surface area contributed by atoms with Crippen molar-refractivity contribution >= 4 is 11.9 Å². The van der Waals surface area contributed by atoms with Crippen molar-refractivity contribution in [1.82, 2.24) is 14.9 Å². The van der Waals surface area contributed by atoms with E-state index in [1.807, 2.05) is 0 Å². The smallest absolute Gasteiger partial charge is 0.305 e. The number of nitrogens with zero attached hydrogens (tertiary/aromatic N) is 3. The minimum Gasteiger partial charge on any atom is -0.493 e. The number of hydrogen-bond acceptors (Lipinski definition) is 16. The van der Waals surface area contributed by atoms with Crippen molar-refractivity contribution in [2.24, 2.45) is 0 Å². The van der Waals surface area contributed by atoms with Gasteiger partial charge in [0.2, 0.25) is 0 Å². The molecule has 0 aliphatic rings. The van der Waals surface area contributed by atoms with Crippen molar-refractivity contribution < 1.29 is 63.2 Å². The van der Waals surface area contributed by atoms with Gasteiger partial charge in [-0.25, -0.2) is 0 Å². The van der Waals surface area contributed by atoms with Crippen molar-refractivity contribution in [3.63, 3.8) is 0 Å². The standard InChI is InChI=1S/C22H38N2O8.C16H25NO5/c1-3-31-22(27)5-4-6-24(7-9-29-13-14-30-12-11-28-2)8-10-32-21-15-19(17-25)23-20(16-21)18-26;1-2-21-16(20)7-5-3-4-6-8-22-15-9-13(11-18)17-14(10-15)12-19/h15-16,25-26H,3-14,17-18H2,1-2H3;9-10,18-19H,2-8,11-12H2,1H3. The zero-order valence-electron chi connectivity index (χ0n) is 32.4. The van der Waals surface area contributed by atoms with E-state index in [0.717, 1.165) is 25.7 Å². The third-order valence-corrected chi connectivity index (χ3v) is 7.50. The lowest BCUT2D eigenvalue weighted by atomic mass is 10.1. The highest BCUT2D eigenvalue weighted by Gasteiger charge is 2.10. The molecule has 0 bridgehead atoms. The molecule has 54 heavy (non-hydrogen) atoms. The molecule has 0 radical (unpaired) electrons. The lowest BCUT2D eigenvalue weighted by molar-refractivity contribution is -0.144. The molecule has 0 saturated heterocycles. The first kappa shape index (κ1) is 48.5. The SMILES string of the molecule is CCOC(=O)CCCCCCOc1cc(CO)nc(CO)c1.CCOC(=O)CCCN(CCOCCOCCOC)CCOc1cc(CO)nc(CO)c1. The van der Waals surface area contributed by atoms with Crippen molar-refractivity contribution in [2.45, 2.75) is 85.2 Å². The molecule has 16 nitrogen and oxygen atoms in total. The van der Waals surface area contributed by atoms with Crippen LogP contribution in [0.25, 0.3) is 0 Å². The number of aliphatic hydroxyl groups is 4. The molecule has 2 aromatic heterocycles.